The van der Waals surface area contributed by atoms with E-state index in [1.165, 1.54) is 76.8 Å². The second-order valence-corrected chi connectivity index (χ2v) is 7.70. The summed E-state index contributed by atoms with van der Waals surface area (Å²) in [5, 5.41) is 3.98. The lowest BCUT2D eigenvalue weighted by Crippen LogP contribution is -2.51. The average molecular weight is 330 g/mol. The van der Waals surface area contributed by atoms with Crippen molar-refractivity contribution in [2.24, 2.45) is 0 Å². The lowest BCUT2D eigenvalue weighted by molar-refractivity contribution is 0.148. The number of rotatable bonds is 7. The highest BCUT2D eigenvalue weighted by Gasteiger charge is 2.25. The topological polar surface area (TPSA) is 18.5 Å². The summed E-state index contributed by atoms with van der Waals surface area (Å²) in [5.41, 5.74) is 1.45. The van der Waals surface area contributed by atoms with Gasteiger partial charge in [0.15, 0.2) is 0 Å². The monoisotopic (exact) mass is 329 g/mol. The molecule has 24 heavy (non-hydrogen) atoms. The summed E-state index contributed by atoms with van der Waals surface area (Å²) in [6.45, 7) is 9.74. The van der Waals surface area contributed by atoms with E-state index in [9.17, 15) is 0 Å². The molecule has 1 aromatic rings. The molecule has 0 aliphatic carbocycles. The van der Waals surface area contributed by atoms with Gasteiger partial charge in [-0.2, -0.15) is 0 Å². The predicted molar refractivity (Wildman–Crippen MR) is 102 cm³/mol. The normalized spacial score (nSPS) is 24.3. The molecule has 1 N–H and O–H groups in total. The van der Waals surface area contributed by atoms with Gasteiger partial charge < -0.3 is 10.2 Å². The fourth-order valence-corrected chi connectivity index (χ4v) is 4.22. The van der Waals surface area contributed by atoms with Gasteiger partial charge >= 0.3 is 0 Å². The zero-order valence-corrected chi connectivity index (χ0v) is 15.4. The standard InChI is InChI=1S/C21H35N3/c1-2-3-13-23-15-11-20(12-16-23)22-21-10-7-14-24(18-21)17-19-8-5-4-6-9-19/h4-6,8-9,20-22H,2-3,7,10-18H2,1H3. The second-order valence-electron chi connectivity index (χ2n) is 7.70. The van der Waals surface area contributed by atoms with Gasteiger partial charge in [-0.1, -0.05) is 43.7 Å². The summed E-state index contributed by atoms with van der Waals surface area (Å²) in [4.78, 5) is 5.29. The summed E-state index contributed by atoms with van der Waals surface area (Å²) in [7, 11) is 0. The van der Waals surface area contributed by atoms with Crippen LogP contribution in [0, 0.1) is 0 Å². The molecule has 2 aliphatic rings. The first kappa shape index (κ1) is 17.9. The quantitative estimate of drug-likeness (QED) is 0.826. The van der Waals surface area contributed by atoms with Crippen LogP contribution in [0.15, 0.2) is 30.3 Å². The van der Waals surface area contributed by atoms with Crippen molar-refractivity contribution in [3.63, 3.8) is 0 Å². The maximum Gasteiger partial charge on any atom is 0.0234 e. The molecule has 2 heterocycles. The van der Waals surface area contributed by atoms with Crippen LogP contribution >= 0.6 is 0 Å². The predicted octanol–water partition coefficient (Wildman–Crippen LogP) is 3.51. The van der Waals surface area contributed by atoms with Gasteiger partial charge in [-0.25, -0.2) is 0 Å². The van der Waals surface area contributed by atoms with Gasteiger partial charge in [-0.05, 0) is 63.8 Å². The van der Waals surface area contributed by atoms with Gasteiger partial charge in [0.2, 0.25) is 0 Å². The summed E-state index contributed by atoms with van der Waals surface area (Å²) >= 11 is 0. The molecule has 0 radical (unpaired) electrons. The summed E-state index contributed by atoms with van der Waals surface area (Å²) < 4.78 is 0. The lowest BCUT2D eigenvalue weighted by atomic mass is 9.99. The molecule has 1 unspecified atom stereocenters. The number of nitrogens with zero attached hydrogens (tertiary/aromatic N) is 2. The van der Waals surface area contributed by atoms with E-state index < -0.39 is 0 Å². The van der Waals surface area contributed by atoms with Gasteiger partial charge in [0.25, 0.3) is 0 Å². The molecule has 0 spiro atoms. The number of hydrogen-bond acceptors (Lipinski definition) is 3. The highest BCUT2D eigenvalue weighted by Crippen LogP contribution is 2.17. The van der Waals surface area contributed by atoms with Crippen LogP contribution in [0.1, 0.15) is 51.0 Å². The Bertz CT molecular complexity index is 453. The van der Waals surface area contributed by atoms with Crippen molar-refractivity contribution >= 4 is 0 Å². The molecule has 2 aliphatic heterocycles. The average Bonchev–Trinajstić information content (AvgIpc) is 2.62. The minimum absolute atomic E-state index is 0.689. The lowest BCUT2D eigenvalue weighted by Gasteiger charge is -2.38. The van der Waals surface area contributed by atoms with Crippen molar-refractivity contribution in [2.45, 2.75) is 64.1 Å². The number of unbranched alkanes of at least 4 members (excludes halogenated alkanes) is 1. The Morgan fingerprint density at radius 3 is 2.50 bits per heavy atom. The van der Waals surface area contributed by atoms with Crippen LogP contribution in [0.25, 0.3) is 0 Å². The van der Waals surface area contributed by atoms with Gasteiger partial charge in [0.05, 0.1) is 0 Å². The molecular weight excluding hydrogens is 294 g/mol. The molecule has 0 bridgehead atoms. The molecule has 2 saturated heterocycles. The summed E-state index contributed by atoms with van der Waals surface area (Å²) in [5.74, 6) is 0. The SMILES string of the molecule is CCCCN1CCC(NC2CCCN(Cc3ccccc3)C2)CC1. The maximum absolute atomic E-state index is 3.98. The Morgan fingerprint density at radius 1 is 0.958 bits per heavy atom. The van der Waals surface area contributed by atoms with E-state index in [-0.39, 0.29) is 0 Å². The Morgan fingerprint density at radius 2 is 1.75 bits per heavy atom. The number of likely N-dealkylation sites (tertiary alicyclic amines) is 2. The molecule has 0 saturated carbocycles. The third-order valence-corrected chi connectivity index (χ3v) is 5.64. The van der Waals surface area contributed by atoms with Crippen LogP contribution < -0.4 is 5.32 Å². The van der Waals surface area contributed by atoms with Gasteiger partial charge in [-0.3, -0.25) is 4.90 Å². The van der Waals surface area contributed by atoms with E-state index in [1.807, 2.05) is 0 Å². The first-order valence-corrected chi connectivity index (χ1v) is 10.1. The van der Waals surface area contributed by atoms with Crippen molar-refractivity contribution in [1.29, 1.82) is 0 Å². The molecule has 134 valence electrons. The fraction of sp³-hybridized carbons (Fsp3) is 0.714. The van der Waals surface area contributed by atoms with Crippen LogP contribution in [0.4, 0.5) is 0 Å². The van der Waals surface area contributed by atoms with Gasteiger partial charge in [-0.15, -0.1) is 0 Å². The van der Waals surface area contributed by atoms with E-state index in [2.05, 4.69) is 52.4 Å². The molecule has 2 fully saturated rings. The first-order valence-electron chi connectivity index (χ1n) is 10.1. The molecule has 0 amide bonds. The zero-order chi connectivity index (χ0) is 16.6. The number of nitrogens with one attached hydrogen (secondary N) is 1. The van der Waals surface area contributed by atoms with Gasteiger partial charge in [0, 0.05) is 25.2 Å². The van der Waals surface area contributed by atoms with Crippen LogP contribution in [0.5, 0.6) is 0 Å². The first-order chi connectivity index (χ1) is 11.8. The fourth-order valence-electron chi connectivity index (χ4n) is 4.22. The van der Waals surface area contributed by atoms with Crippen LogP contribution in [0.2, 0.25) is 0 Å². The van der Waals surface area contributed by atoms with E-state index in [1.54, 1.807) is 0 Å². The van der Waals surface area contributed by atoms with Crippen molar-refractivity contribution in [2.75, 3.05) is 32.7 Å². The zero-order valence-electron chi connectivity index (χ0n) is 15.4. The Kier molecular flexibility index (Phi) is 7.13. The molecule has 1 atom stereocenters. The van der Waals surface area contributed by atoms with Crippen molar-refractivity contribution < 1.29 is 0 Å². The Hall–Kier alpha value is -0.900. The summed E-state index contributed by atoms with van der Waals surface area (Å²) in [6.07, 6.45) is 8.02. The minimum atomic E-state index is 0.689. The van der Waals surface area contributed by atoms with Crippen molar-refractivity contribution in [3.05, 3.63) is 35.9 Å². The maximum atomic E-state index is 3.98. The highest BCUT2D eigenvalue weighted by molar-refractivity contribution is 5.14. The van der Waals surface area contributed by atoms with E-state index in [4.69, 9.17) is 0 Å². The Labute approximate surface area is 148 Å². The number of piperidine rings is 2. The number of benzene rings is 1. The second kappa shape index (κ2) is 9.55. The van der Waals surface area contributed by atoms with Crippen LogP contribution in [-0.4, -0.2) is 54.6 Å². The molecule has 1 aromatic carbocycles. The molecule has 3 nitrogen and oxygen atoms in total. The number of hydrogen-bond donors (Lipinski definition) is 1. The molecular formula is C21H35N3. The highest BCUT2D eigenvalue weighted by atomic mass is 15.2. The summed E-state index contributed by atoms with van der Waals surface area (Å²) in [6, 6.07) is 12.4. The smallest absolute Gasteiger partial charge is 0.0234 e. The molecule has 3 rings (SSSR count). The largest absolute Gasteiger partial charge is 0.310 e. The van der Waals surface area contributed by atoms with E-state index in [0.29, 0.717) is 6.04 Å². The third-order valence-electron chi connectivity index (χ3n) is 5.64. The molecule has 3 heteroatoms. The Balaban J connectivity index is 1.40. The molecule has 0 aromatic heterocycles. The van der Waals surface area contributed by atoms with E-state index >= 15 is 0 Å². The van der Waals surface area contributed by atoms with Crippen LogP contribution in [0.3, 0.4) is 0 Å². The van der Waals surface area contributed by atoms with Gasteiger partial charge in [0.1, 0.15) is 0 Å². The van der Waals surface area contributed by atoms with Crippen molar-refractivity contribution in [3.8, 4) is 0 Å². The van der Waals surface area contributed by atoms with Crippen LogP contribution in [-0.2, 0) is 6.54 Å². The minimum Gasteiger partial charge on any atom is -0.310 e. The third kappa shape index (κ3) is 5.58. The van der Waals surface area contributed by atoms with Crippen molar-refractivity contribution in [1.82, 2.24) is 15.1 Å². The van der Waals surface area contributed by atoms with E-state index in [0.717, 1.165) is 12.6 Å².